The van der Waals surface area contributed by atoms with E-state index in [9.17, 15) is 44.9 Å². The summed E-state index contributed by atoms with van der Waals surface area (Å²) in [7, 11) is -4.69. The van der Waals surface area contributed by atoms with Crippen molar-refractivity contribution in [2.75, 3.05) is 31.2 Å². The number of nitrogens with zero attached hydrogens (tertiary/aromatic N) is 3. The number of anilines is 1. The number of benzene rings is 2. The number of hydrogen-bond acceptors (Lipinski definition) is 10. The van der Waals surface area contributed by atoms with Crippen LogP contribution >= 0.6 is 0 Å². The largest absolute Gasteiger partial charge is 0.420 e. The van der Waals surface area contributed by atoms with Crippen LogP contribution in [-0.2, 0) is 42.2 Å². The zero-order valence-corrected chi connectivity index (χ0v) is 28.9. The van der Waals surface area contributed by atoms with Crippen LogP contribution in [0, 0.1) is 23.3 Å². The summed E-state index contributed by atoms with van der Waals surface area (Å²) in [6.07, 6.45) is 2.62. The smallest absolute Gasteiger partial charge is 0.313 e. The maximum Gasteiger partial charge on any atom is 0.313 e. The quantitative estimate of drug-likeness (QED) is 0.0271. The Kier molecular flexibility index (Phi) is 13.9. The van der Waals surface area contributed by atoms with E-state index in [0.29, 0.717) is 30.7 Å². The van der Waals surface area contributed by atoms with Gasteiger partial charge >= 0.3 is 5.97 Å². The molecular formula is C33H38F4N6O8S. The van der Waals surface area contributed by atoms with Crippen LogP contribution in [-0.4, -0.2) is 76.8 Å². The molecule has 0 saturated heterocycles. The number of nitrogens with one attached hydrogen (secondary N) is 2. The Morgan fingerprint density at radius 2 is 1.69 bits per heavy atom. The number of carbonyl (C=O) groups is 3. The average Bonchev–Trinajstić information content (AvgIpc) is 3.46. The Labute approximate surface area is 295 Å². The number of imidazole rings is 1. The molecule has 52 heavy (non-hydrogen) atoms. The van der Waals surface area contributed by atoms with E-state index in [0.717, 1.165) is 41.5 Å². The highest BCUT2D eigenvalue weighted by atomic mass is 32.2. The number of hydrogen-bond donors (Lipinski definition) is 4. The van der Waals surface area contributed by atoms with Gasteiger partial charge in [0, 0.05) is 37.4 Å². The molecule has 0 aliphatic carbocycles. The molecular weight excluding hydrogens is 716 g/mol. The highest BCUT2D eigenvalue weighted by Crippen LogP contribution is 2.30. The van der Waals surface area contributed by atoms with Gasteiger partial charge < -0.3 is 30.4 Å². The molecule has 0 unspecified atom stereocenters. The van der Waals surface area contributed by atoms with Crippen LogP contribution in [0.3, 0.4) is 0 Å². The zero-order chi connectivity index (χ0) is 38.0. The normalized spacial score (nSPS) is 12.3. The molecule has 5 N–H and O–H groups in total. The Morgan fingerprint density at radius 1 is 1.00 bits per heavy atom. The fourth-order valence-corrected chi connectivity index (χ4v) is 5.95. The summed E-state index contributed by atoms with van der Waals surface area (Å²) in [4.78, 5) is 46.4. The third-order valence-corrected chi connectivity index (χ3v) is 8.55. The van der Waals surface area contributed by atoms with Gasteiger partial charge in [0.25, 0.3) is 10.1 Å². The summed E-state index contributed by atoms with van der Waals surface area (Å²) in [6, 6.07) is 5.90. The Balaban J connectivity index is 1.25. The van der Waals surface area contributed by atoms with Crippen LogP contribution in [0.5, 0.6) is 5.75 Å². The third kappa shape index (κ3) is 10.6. The number of pyridine rings is 1. The lowest BCUT2D eigenvalue weighted by Gasteiger charge is -2.17. The predicted molar refractivity (Wildman–Crippen MR) is 181 cm³/mol. The topological polar surface area (TPSA) is 205 Å². The van der Waals surface area contributed by atoms with Crippen molar-refractivity contribution >= 4 is 55.7 Å². The van der Waals surface area contributed by atoms with E-state index in [4.69, 9.17) is 15.5 Å². The van der Waals surface area contributed by atoms with Gasteiger partial charge in [0.15, 0.2) is 17.5 Å². The first-order chi connectivity index (χ1) is 24.7. The SMILES string of the molecule is CCCCc1nc2c(N)nc3ccccc3c2n1CCCCNC(=O)[C@H](CS(=O)(=O)O)NC(=O)CCOCCC(=O)Oc1c(F)c(F)cc(F)c1F. The van der Waals surface area contributed by atoms with Crippen LogP contribution in [0.2, 0.25) is 0 Å². The summed E-state index contributed by atoms with van der Waals surface area (Å²) in [5.74, 6) is -11.8. The average molecular weight is 755 g/mol. The van der Waals surface area contributed by atoms with Crippen molar-refractivity contribution in [3.05, 3.63) is 59.4 Å². The molecule has 14 nitrogen and oxygen atoms in total. The van der Waals surface area contributed by atoms with Gasteiger partial charge in [-0.1, -0.05) is 31.5 Å². The minimum atomic E-state index is -4.69. The molecule has 0 aliphatic rings. The number of ether oxygens (including phenoxy) is 2. The molecule has 0 fully saturated rings. The molecule has 19 heteroatoms. The molecule has 0 spiro atoms. The number of fused-ring (bicyclic) bond motifs is 3. The van der Waals surface area contributed by atoms with E-state index in [1.165, 1.54) is 0 Å². The van der Waals surface area contributed by atoms with Crippen molar-refractivity contribution in [1.82, 2.24) is 25.2 Å². The Hall–Kier alpha value is -4.88. The van der Waals surface area contributed by atoms with Gasteiger partial charge in [-0.05, 0) is 25.3 Å². The van der Waals surface area contributed by atoms with Gasteiger partial charge in [-0.25, -0.2) is 18.7 Å². The maximum absolute atomic E-state index is 13.7. The Morgan fingerprint density at radius 3 is 2.38 bits per heavy atom. The van der Waals surface area contributed by atoms with Crippen LogP contribution in [0.25, 0.3) is 21.9 Å². The lowest BCUT2D eigenvalue weighted by atomic mass is 10.1. The van der Waals surface area contributed by atoms with Crippen LogP contribution in [0.1, 0.15) is 51.3 Å². The fourth-order valence-electron chi connectivity index (χ4n) is 5.29. The number of amides is 2. The number of unbranched alkanes of at least 4 members (excludes halogenated alkanes) is 2. The number of aryl methyl sites for hydroxylation is 2. The molecule has 4 aromatic rings. The molecule has 282 valence electrons. The molecule has 2 aromatic heterocycles. The molecule has 0 saturated carbocycles. The van der Waals surface area contributed by atoms with Gasteiger partial charge in [0.05, 0.1) is 30.7 Å². The van der Waals surface area contributed by atoms with E-state index in [-0.39, 0.29) is 19.2 Å². The molecule has 0 radical (unpaired) electrons. The van der Waals surface area contributed by atoms with Gasteiger partial charge in [0.2, 0.25) is 29.2 Å². The van der Waals surface area contributed by atoms with Crippen molar-refractivity contribution in [2.24, 2.45) is 0 Å². The standard InChI is InChI=1S/C33H38F4N6O8S/c1-2-3-10-24-42-29-30(19-8-4-5-9-22(19)41-32(29)38)43(24)14-7-6-13-39-33(46)23(18-52(47,48)49)40-25(44)11-15-50-16-12-26(45)51-31-27(36)20(34)17-21(35)28(31)37/h4-5,8-9,17,23H,2-3,6-7,10-16,18H2,1H3,(H2,38,41)(H,39,46)(H,40,44)(H,47,48,49)/t23-/m0/s1. The number of nitrogens with two attached hydrogens (primary N) is 1. The van der Waals surface area contributed by atoms with Gasteiger partial charge in [0.1, 0.15) is 23.1 Å². The predicted octanol–water partition coefficient (Wildman–Crippen LogP) is 3.74. The van der Waals surface area contributed by atoms with Crippen LogP contribution in [0.15, 0.2) is 30.3 Å². The molecule has 0 bridgehead atoms. The number of rotatable bonds is 19. The van der Waals surface area contributed by atoms with E-state index in [2.05, 4.69) is 31.8 Å². The first-order valence-corrected chi connectivity index (χ1v) is 18.0. The maximum atomic E-state index is 13.7. The van der Waals surface area contributed by atoms with Gasteiger partial charge in [-0.15, -0.1) is 0 Å². The zero-order valence-electron chi connectivity index (χ0n) is 28.1. The summed E-state index contributed by atoms with van der Waals surface area (Å²) in [5, 5.41) is 5.69. The number of halogens is 4. The summed E-state index contributed by atoms with van der Waals surface area (Å²) in [6.45, 7) is 1.95. The molecule has 2 aromatic carbocycles. The van der Waals surface area contributed by atoms with E-state index >= 15 is 0 Å². The minimum absolute atomic E-state index is 0.0491. The Bertz CT molecular complexity index is 2020. The summed E-state index contributed by atoms with van der Waals surface area (Å²) in [5.41, 5.74) is 8.46. The first kappa shape index (κ1) is 39.9. The minimum Gasteiger partial charge on any atom is -0.420 e. The summed E-state index contributed by atoms with van der Waals surface area (Å²) >= 11 is 0. The van der Waals surface area contributed by atoms with Crippen molar-refractivity contribution in [2.45, 2.75) is 64.5 Å². The van der Waals surface area contributed by atoms with Gasteiger partial charge in [-0.3, -0.25) is 18.9 Å². The second kappa shape index (κ2) is 18.1. The van der Waals surface area contributed by atoms with Crippen molar-refractivity contribution in [3.63, 3.8) is 0 Å². The number of esters is 1. The fraction of sp³-hybridized carbons (Fsp3) is 0.424. The molecule has 2 heterocycles. The number of para-hydroxylation sites is 1. The highest BCUT2D eigenvalue weighted by molar-refractivity contribution is 7.85. The van der Waals surface area contributed by atoms with Crippen LogP contribution in [0.4, 0.5) is 23.4 Å². The van der Waals surface area contributed by atoms with Crippen molar-refractivity contribution < 1.29 is 54.4 Å². The second-order valence-corrected chi connectivity index (χ2v) is 13.2. The number of nitrogen functional groups attached to an aromatic ring is 1. The molecule has 0 aliphatic heterocycles. The third-order valence-electron chi connectivity index (χ3n) is 7.79. The van der Waals surface area contributed by atoms with Gasteiger partial charge in [-0.2, -0.15) is 17.2 Å². The van der Waals surface area contributed by atoms with Crippen molar-refractivity contribution in [1.29, 1.82) is 0 Å². The molecule has 2 amide bonds. The number of carbonyl (C=O) groups excluding carboxylic acids is 3. The van der Waals surface area contributed by atoms with E-state index in [1.54, 1.807) is 0 Å². The van der Waals surface area contributed by atoms with E-state index in [1.807, 2.05) is 24.3 Å². The highest BCUT2D eigenvalue weighted by Gasteiger charge is 2.26. The molecule has 4 rings (SSSR count). The van der Waals surface area contributed by atoms with Crippen LogP contribution < -0.4 is 21.1 Å². The monoisotopic (exact) mass is 754 g/mol. The lowest BCUT2D eigenvalue weighted by molar-refractivity contribution is -0.136. The number of aromatic nitrogens is 3. The van der Waals surface area contributed by atoms with Crippen molar-refractivity contribution in [3.8, 4) is 5.75 Å². The second-order valence-electron chi connectivity index (χ2n) is 11.7. The lowest BCUT2D eigenvalue weighted by Crippen LogP contribution is -2.50. The summed E-state index contributed by atoms with van der Waals surface area (Å²) < 4.78 is 98.0. The first-order valence-electron chi connectivity index (χ1n) is 16.4. The molecule has 1 atom stereocenters. The van der Waals surface area contributed by atoms with E-state index < -0.39 is 88.2 Å².